The van der Waals surface area contributed by atoms with Crippen LogP contribution in [0.5, 0.6) is 5.75 Å². The highest BCUT2D eigenvalue weighted by molar-refractivity contribution is 6.31. The zero-order chi connectivity index (χ0) is 21.3. The summed E-state index contributed by atoms with van der Waals surface area (Å²) in [7, 11) is 1.49. The molecule has 2 heterocycles. The second-order valence-corrected chi connectivity index (χ2v) is 7.14. The highest BCUT2D eigenvalue weighted by Crippen LogP contribution is 2.34. The minimum Gasteiger partial charge on any atom is -0.495 e. The maximum absolute atomic E-state index is 14.0. The van der Waals surface area contributed by atoms with Crippen LogP contribution in [0.15, 0.2) is 40.9 Å². The lowest BCUT2D eigenvalue weighted by atomic mass is 10.2. The first kappa shape index (κ1) is 20.1. The number of ether oxygens (including phenoxy) is 1. The van der Waals surface area contributed by atoms with Crippen molar-refractivity contribution in [1.82, 2.24) is 15.0 Å². The van der Waals surface area contributed by atoms with Gasteiger partial charge in [0, 0.05) is 17.6 Å². The van der Waals surface area contributed by atoms with Gasteiger partial charge in [-0.2, -0.15) is 4.98 Å². The van der Waals surface area contributed by atoms with E-state index < -0.39 is 17.7 Å². The molecule has 156 valence electrons. The van der Waals surface area contributed by atoms with Gasteiger partial charge in [-0.3, -0.25) is 0 Å². The monoisotopic (exact) mass is 434 g/mol. The van der Waals surface area contributed by atoms with E-state index in [1.807, 2.05) is 0 Å². The van der Waals surface area contributed by atoms with Crippen LogP contribution in [0, 0.1) is 11.6 Å². The summed E-state index contributed by atoms with van der Waals surface area (Å²) in [5, 5.41) is 7.03. The summed E-state index contributed by atoms with van der Waals surface area (Å²) >= 11 is 6.02. The lowest BCUT2D eigenvalue weighted by molar-refractivity contribution is 0.193. The van der Waals surface area contributed by atoms with Gasteiger partial charge in [0.25, 0.3) is 0 Å². The zero-order valence-electron chi connectivity index (χ0n) is 15.9. The Bertz CT molecular complexity index is 1090. The Hall–Kier alpha value is -3.20. The van der Waals surface area contributed by atoms with Gasteiger partial charge in [0.1, 0.15) is 23.4 Å². The number of rotatable bonds is 4. The van der Waals surface area contributed by atoms with Gasteiger partial charge < -0.3 is 19.5 Å². The van der Waals surface area contributed by atoms with Crippen LogP contribution >= 0.6 is 11.6 Å². The largest absolute Gasteiger partial charge is 0.495 e. The number of anilines is 1. The Morgan fingerprint density at radius 1 is 1.30 bits per heavy atom. The van der Waals surface area contributed by atoms with Gasteiger partial charge in [-0.1, -0.05) is 16.8 Å². The Balaban J connectivity index is 1.55. The molecule has 1 N–H and O–H groups in total. The first-order valence-corrected chi connectivity index (χ1v) is 9.54. The number of hydrogen-bond donors (Lipinski definition) is 1. The fourth-order valence-corrected chi connectivity index (χ4v) is 3.55. The van der Waals surface area contributed by atoms with Crippen molar-refractivity contribution in [3.8, 4) is 17.1 Å². The van der Waals surface area contributed by atoms with Gasteiger partial charge in [0.2, 0.25) is 11.7 Å². The third kappa shape index (κ3) is 3.93. The summed E-state index contributed by atoms with van der Waals surface area (Å²) < 4.78 is 37.7. The van der Waals surface area contributed by atoms with Crippen molar-refractivity contribution in [1.29, 1.82) is 0 Å². The molecule has 1 atom stereocenters. The first-order valence-electron chi connectivity index (χ1n) is 9.16. The van der Waals surface area contributed by atoms with E-state index in [0.29, 0.717) is 29.4 Å². The molecule has 0 bridgehead atoms. The number of halogens is 3. The smallest absolute Gasteiger partial charge is 0.322 e. The zero-order valence-corrected chi connectivity index (χ0v) is 16.6. The third-order valence-electron chi connectivity index (χ3n) is 4.82. The van der Waals surface area contributed by atoms with Crippen molar-refractivity contribution in [3.63, 3.8) is 0 Å². The fourth-order valence-electron chi connectivity index (χ4n) is 3.38. The molecule has 10 heteroatoms. The van der Waals surface area contributed by atoms with Crippen molar-refractivity contribution in [2.75, 3.05) is 19.0 Å². The van der Waals surface area contributed by atoms with Crippen molar-refractivity contribution in [3.05, 3.63) is 58.9 Å². The van der Waals surface area contributed by atoms with E-state index in [9.17, 15) is 13.6 Å². The number of benzene rings is 2. The van der Waals surface area contributed by atoms with Gasteiger partial charge in [-0.25, -0.2) is 13.6 Å². The van der Waals surface area contributed by atoms with E-state index in [-0.39, 0.29) is 23.3 Å². The van der Waals surface area contributed by atoms with E-state index in [1.165, 1.54) is 13.2 Å². The molecule has 0 radical (unpaired) electrons. The molecule has 1 saturated heterocycles. The molecule has 7 nitrogen and oxygen atoms in total. The van der Waals surface area contributed by atoms with Crippen LogP contribution in [0.3, 0.4) is 0 Å². The Labute approximate surface area is 175 Å². The van der Waals surface area contributed by atoms with Gasteiger partial charge in [0.05, 0.1) is 18.4 Å². The van der Waals surface area contributed by atoms with Crippen LogP contribution in [0.4, 0.5) is 19.3 Å². The normalized spacial score (nSPS) is 16.0. The molecule has 3 aromatic rings. The second kappa shape index (κ2) is 8.27. The van der Waals surface area contributed by atoms with Gasteiger partial charge in [-0.05, 0) is 43.2 Å². The van der Waals surface area contributed by atoms with E-state index in [4.69, 9.17) is 20.9 Å². The average molecular weight is 435 g/mol. The van der Waals surface area contributed by atoms with Crippen LogP contribution in [-0.4, -0.2) is 34.7 Å². The molecule has 0 aliphatic carbocycles. The molecular formula is C20H17ClF2N4O3. The third-order valence-corrected chi connectivity index (χ3v) is 5.05. The molecule has 1 fully saturated rings. The van der Waals surface area contributed by atoms with Crippen molar-refractivity contribution < 1.29 is 22.8 Å². The van der Waals surface area contributed by atoms with Crippen LogP contribution in [-0.2, 0) is 0 Å². The van der Waals surface area contributed by atoms with E-state index in [2.05, 4.69) is 15.5 Å². The number of nitrogens with one attached hydrogen (secondary N) is 1. The maximum Gasteiger partial charge on any atom is 0.322 e. The predicted molar refractivity (Wildman–Crippen MR) is 105 cm³/mol. The lowest BCUT2D eigenvalue weighted by Gasteiger charge is -2.23. The van der Waals surface area contributed by atoms with Crippen LogP contribution in [0.25, 0.3) is 11.4 Å². The minimum absolute atomic E-state index is 0.00808. The molecule has 30 heavy (non-hydrogen) atoms. The highest BCUT2D eigenvalue weighted by Gasteiger charge is 2.34. The molecule has 1 aliphatic rings. The van der Waals surface area contributed by atoms with Gasteiger partial charge in [0.15, 0.2) is 0 Å². The van der Waals surface area contributed by atoms with Gasteiger partial charge >= 0.3 is 6.03 Å². The Kier molecular flexibility index (Phi) is 5.54. The lowest BCUT2D eigenvalue weighted by Crippen LogP contribution is -2.34. The number of likely N-dealkylation sites (tertiary alicyclic amines) is 1. The maximum atomic E-state index is 14.0. The highest BCUT2D eigenvalue weighted by atomic mass is 35.5. The topological polar surface area (TPSA) is 80.5 Å². The summed E-state index contributed by atoms with van der Waals surface area (Å²) in [6, 6.07) is 7.14. The summed E-state index contributed by atoms with van der Waals surface area (Å²) in [6.07, 6.45) is 1.33. The number of methoxy groups -OCH3 is 1. The second-order valence-electron chi connectivity index (χ2n) is 6.71. The molecule has 1 aromatic heterocycles. The van der Waals surface area contributed by atoms with E-state index in [0.717, 1.165) is 18.6 Å². The predicted octanol–water partition coefficient (Wildman–Crippen LogP) is 5.05. The number of nitrogens with zero attached hydrogens (tertiary/aromatic N) is 3. The van der Waals surface area contributed by atoms with Crippen LogP contribution < -0.4 is 10.1 Å². The number of hydrogen-bond acceptors (Lipinski definition) is 5. The molecule has 0 saturated carbocycles. The SMILES string of the molecule is COc1ccc(Cl)cc1NC(=O)N1CCCC1c1nc(-c2ccc(F)cc2F)no1. The van der Waals surface area contributed by atoms with E-state index in [1.54, 1.807) is 23.1 Å². The summed E-state index contributed by atoms with van der Waals surface area (Å²) in [6.45, 7) is 0.474. The average Bonchev–Trinajstić information content (AvgIpc) is 3.37. The van der Waals surface area contributed by atoms with Gasteiger partial charge in [-0.15, -0.1) is 0 Å². The van der Waals surface area contributed by atoms with Crippen molar-refractivity contribution >= 4 is 23.3 Å². The fraction of sp³-hybridized carbons (Fsp3) is 0.250. The Morgan fingerprint density at radius 3 is 2.90 bits per heavy atom. The van der Waals surface area contributed by atoms with Crippen molar-refractivity contribution in [2.45, 2.75) is 18.9 Å². The number of aromatic nitrogens is 2. The van der Waals surface area contributed by atoms with Crippen molar-refractivity contribution in [2.24, 2.45) is 0 Å². The molecule has 2 amide bonds. The minimum atomic E-state index is -0.795. The summed E-state index contributed by atoms with van der Waals surface area (Å²) in [5.74, 6) is -0.854. The standard InChI is InChI=1S/C20H17ClF2N4O3/c1-29-17-7-4-11(21)9-15(17)24-20(28)27-8-2-3-16(27)19-25-18(26-30-19)13-6-5-12(22)10-14(13)23/h4-7,9-10,16H,2-3,8H2,1H3,(H,24,28). The number of urea groups is 1. The number of carbonyl (C=O) groups is 1. The Morgan fingerprint density at radius 2 is 2.13 bits per heavy atom. The number of amides is 2. The first-order chi connectivity index (χ1) is 14.5. The number of carbonyl (C=O) groups excluding carboxylic acids is 1. The quantitative estimate of drug-likeness (QED) is 0.621. The summed E-state index contributed by atoms with van der Waals surface area (Å²) in [4.78, 5) is 18.7. The molecular weight excluding hydrogens is 418 g/mol. The summed E-state index contributed by atoms with van der Waals surface area (Å²) in [5.41, 5.74) is 0.448. The molecule has 4 rings (SSSR count). The van der Waals surface area contributed by atoms with Crippen LogP contribution in [0.1, 0.15) is 24.8 Å². The molecule has 1 aliphatic heterocycles. The van der Waals surface area contributed by atoms with E-state index >= 15 is 0 Å². The molecule has 1 unspecified atom stereocenters. The molecule has 0 spiro atoms. The molecule has 2 aromatic carbocycles. The van der Waals surface area contributed by atoms with Crippen LogP contribution in [0.2, 0.25) is 5.02 Å².